The summed E-state index contributed by atoms with van der Waals surface area (Å²) in [6.45, 7) is 3.48. The van der Waals surface area contributed by atoms with E-state index in [2.05, 4.69) is 23.0 Å². The fourth-order valence-electron chi connectivity index (χ4n) is 2.56. The van der Waals surface area contributed by atoms with Crippen LogP contribution in [-0.2, 0) is 4.74 Å². The highest BCUT2D eigenvalue weighted by molar-refractivity contribution is 5.09. The molecule has 1 fully saturated rings. The Hall–Kier alpha value is -0.970. The van der Waals surface area contributed by atoms with Gasteiger partial charge in [0.1, 0.15) is 0 Å². The number of hydrogen-bond donors (Lipinski definition) is 1. The Morgan fingerprint density at radius 1 is 1.44 bits per heavy atom. The fourth-order valence-corrected chi connectivity index (χ4v) is 2.56. The van der Waals surface area contributed by atoms with Gasteiger partial charge in [-0.25, -0.2) is 0 Å². The van der Waals surface area contributed by atoms with E-state index in [1.54, 1.807) is 0 Å². The Morgan fingerprint density at radius 3 is 2.83 bits per heavy atom. The van der Waals surface area contributed by atoms with Crippen molar-refractivity contribution < 1.29 is 4.74 Å². The Bertz CT molecular complexity index is 338. The summed E-state index contributed by atoms with van der Waals surface area (Å²) < 4.78 is 5.40. The normalized spacial score (nSPS) is 19.1. The summed E-state index contributed by atoms with van der Waals surface area (Å²) >= 11 is 0. The number of nitrogens with zero attached hydrogens (tertiary/aromatic N) is 2. The smallest absolute Gasteiger partial charge is 0.0642 e. The second-order valence-electron chi connectivity index (χ2n) is 5.00. The zero-order chi connectivity index (χ0) is 12.8. The molecule has 1 atom stereocenters. The van der Waals surface area contributed by atoms with E-state index in [0.717, 1.165) is 44.2 Å². The van der Waals surface area contributed by atoms with Crippen LogP contribution in [0.25, 0.3) is 0 Å². The second kappa shape index (κ2) is 6.83. The van der Waals surface area contributed by atoms with Gasteiger partial charge in [-0.2, -0.15) is 0 Å². The van der Waals surface area contributed by atoms with Crippen LogP contribution in [0.2, 0.25) is 0 Å². The summed E-state index contributed by atoms with van der Waals surface area (Å²) in [5, 5.41) is 0. The molecule has 1 aliphatic heterocycles. The first-order chi connectivity index (χ1) is 8.81. The molecule has 0 aliphatic carbocycles. The highest BCUT2D eigenvalue weighted by Gasteiger charge is 2.21. The van der Waals surface area contributed by atoms with Crippen LogP contribution in [0.15, 0.2) is 24.4 Å². The van der Waals surface area contributed by atoms with Crippen LogP contribution < -0.4 is 5.73 Å². The molecule has 18 heavy (non-hydrogen) atoms. The monoisotopic (exact) mass is 249 g/mol. The number of ether oxygens (including phenoxy) is 1. The topological polar surface area (TPSA) is 51.4 Å². The second-order valence-corrected chi connectivity index (χ2v) is 5.00. The molecule has 1 unspecified atom stereocenters. The molecule has 2 rings (SSSR count). The van der Waals surface area contributed by atoms with Crippen molar-refractivity contribution in [3.63, 3.8) is 0 Å². The van der Waals surface area contributed by atoms with Crippen LogP contribution in [0.4, 0.5) is 0 Å². The molecule has 1 aromatic rings. The molecular weight excluding hydrogens is 226 g/mol. The van der Waals surface area contributed by atoms with Gasteiger partial charge in [-0.15, -0.1) is 0 Å². The highest BCUT2D eigenvalue weighted by Crippen LogP contribution is 2.21. The lowest BCUT2D eigenvalue weighted by Crippen LogP contribution is -2.36. The molecule has 0 aromatic carbocycles. The van der Waals surface area contributed by atoms with Crippen LogP contribution in [-0.4, -0.2) is 43.2 Å². The van der Waals surface area contributed by atoms with Crippen LogP contribution in [0.5, 0.6) is 0 Å². The van der Waals surface area contributed by atoms with Gasteiger partial charge in [-0.3, -0.25) is 9.88 Å². The van der Waals surface area contributed by atoms with Crippen molar-refractivity contribution in [2.45, 2.75) is 18.9 Å². The average molecular weight is 249 g/mol. The lowest BCUT2D eigenvalue weighted by molar-refractivity contribution is 0.0504. The van der Waals surface area contributed by atoms with Gasteiger partial charge < -0.3 is 10.5 Å². The lowest BCUT2D eigenvalue weighted by atomic mass is 9.99. The van der Waals surface area contributed by atoms with Crippen molar-refractivity contribution in [1.29, 1.82) is 0 Å². The molecule has 0 saturated carbocycles. The van der Waals surface area contributed by atoms with E-state index in [4.69, 9.17) is 10.5 Å². The molecule has 2 heterocycles. The van der Waals surface area contributed by atoms with E-state index in [1.807, 2.05) is 18.3 Å². The maximum atomic E-state index is 5.90. The predicted molar refractivity (Wildman–Crippen MR) is 72.2 cm³/mol. The van der Waals surface area contributed by atoms with Gasteiger partial charge in [0.15, 0.2) is 0 Å². The standard InChI is InChI=1S/C14H23N3O/c1-17(11-12-5-8-18-9-6-12)14(10-15)13-4-2-3-7-16-13/h2-4,7,12,14H,5-6,8-11,15H2,1H3. The quantitative estimate of drug-likeness (QED) is 0.858. The molecule has 1 saturated heterocycles. The number of likely N-dealkylation sites (N-methyl/N-ethyl adjacent to an activating group) is 1. The Morgan fingerprint density at radius 2 is 2.22 bits per heavy atom. The first kappa shape index (κ1) is 13.5. The minimum Gasteiger partial charge on any atom is -0.381 e. The summed E-state index contributed by atoms with van der Waals surface area (Å²) in [4.78, 5) is 6.75. The fraction of sp³-hybridized carbons (Fsp3) is 0.643. The number of hydrogen-bond acceptors (Lipinski definition) is 4. The third-order valence-corrected chi connectivity index (χ3v) is 3.67. The maximum Gasteiger partial charge on any atom is 0.0642 e. The zero-order valence-electron chi connectivity index (χ0n) is 11.1. The van der Waals surface area contributed by atoms with Crippen LogP contribution >= 0.6 is 0 Å². The minimum absolute atomic E-state index is 0.217. The summed E-state index contributed by atoms with van der Waals surface area (Å²) in [7, 11) is 2.14. The van der Waals surface area contributed by atoms with E-state index in [0.29, 0.717) is 6.54 Å². The minimum atomic E-state index is 0.217. The molecule has 100 valence electrons. The van der Waals surface area contributed by atoms with Crippen LogP contribution in [0.1, 0.15) is 24.6 Å². The average Bonchev–Trinajstić information content (AvgIpc) is 2.42. The van der Waals surface area contributed by atoms with E-state index < -0.39 is 0 Å². The van der Waals surface area contributed by atoms with Gasteiger partial charge in [-0.05, 0) is 37.9 Å². The van der Waals surface area contributed by atoms with Gasteiger partial charge in [0, 0.05) is 32.5 Å². The van der Waals surface area contributed by atoms with E-state index >= 15 is 0 Å². The molecule has 0 amide bonds. The number of rotatable bonds is 5. The number of pyridine rings is 1. The summed E-state index contributed by atoms with van der Waals surface area (Å²) in [6, 6.07) is 6.23. The third kappa shape index (κ3) is 3.51. The van der Waals surface area contributed by atoms with Gasteiger partial charge in [0.05, 0.1) is 11.7 Å². The summed E-state index contributed by atoms with van der Waals surface area (Å²) in [6.07, 6.45) is 4.15. The van der Waals surface area contributed by atoms with Gasteiger partial charge in [-0.1, -0.05) is 6.07 Å². The highest BCUT2D eigenvalue weighted by atomic mass is 16.5. The molecule has 1 aliphatic rings. The summed E-state index contributed by atoms with van der Waals surface area (Å²) in [5.74, 6) is 0.724. The molecular formula is C14H23N3O. The Balaban J connectivity index is 1.94. The van der Waals surface area contributed by atoms with Gasteiger partial charge >= 0.3 is 0 Å². The summed E-state index contributed by atoms with van der Waals surface area (Å²) in [5.41, 5.74) is 6.97. The molecule has 0 spiro atoms. The molecule has 4 nitrogen and oxygen atoms in total. The first-order valence-corrected chi connectivity index (χ1v) is 6.70. The molecule has 0 radical (unpaired) electrons. The maximum absolute atomic E-state index is 5.90. The zero-order valence-corrected chi connectivity index (χ0v) is 11.1. The lowest BCUT2D eigenvalue weighted by Gasteiger charge is -2.31. The number of nitrogens with two attached hydrogens (primary N) is 1. The van der Waals surface area contributed by atoms with Gasteiger partial charge in [0.25, 0.3) is 0 Å². The number of aromatic nitrogens is 1. The van der Waals surface area contributed by atoms with Crippen molar-refractivity contribution in [1.82, 2.24) is 9.88 Å². The molecule has 0 bridgehead atoms. The van der Waals surface area contributed by atoms with Crippen molar-refractivity contribution in [2.24, 2.45) is 11.7 Å². The third-order valence-electron chi connectivity index (χ3n) is 3.67. The van der Waals surface area contributed by atoms with Gasteiger partial charge in [0.2, 0.25) is 0 Å². The Kier molecular flexibility index (Phi) is 5.11. The predicted octanol–water partition coefficient (Wildman–Crippen LogP) is 1.44. The van der Waals surface area contributed by atoms with Crippen LogP contribution in [0, 0.1) is 5.92 Å². The Labute approximate surface area is 109 Å². The van der Waals surface area contributed by atoms with E-state index in [-0.39, 0.29) is 6.04 Å². The molecule has 2 N–H and O–H groups in total. The first-order valence-electron chi connectivity index (χ1n) is 6.70. The van der Waals surface area contributed by atoms with Crippen molar-refractivity contribution in [2.75, 3.05) is 33.4 Å². The molecule has 1 aromatic heterocycles. The van der Waals surface area contributed by atoms with E-state index in [9.17, 15) is 0 Å². The van der Waals surface area contributed by atoms with Crippen LogP contribution in [0.3, 0.4) is 0 Å². The largest absolute Gasteiger partial charge is 0.381 e. The SMILES string of the molecule is CN(CC1CCOCC1)C(CN)c1ccccn1. The van der Waals surface area contributed by atoms with Crippen molar-refractivity contribution in [3.05, 3.63) is 30.1 Å². The molecule has 4 heteroatoms. The van der Waals surface area contributed by atoms with E-state index in [1.165, 1.54) is 0 Å². The van der Waals surface area contributed by atoms with Crippen molar-refractivity contribution in [3.8, 4) is 0 Å². The van der Waals surface area contributed by atoms with Crippen molar-refractivity contribution >= 4 is 0 Å².